The molecule has 0 atom stereocenters. The third-order valence-corrected chi connectivity index (χ3v) is 4.86. The third kappa shape index (κ3) is 4.41. The summed E-state index contributed by atoms with van der Waals surface area (Å²) in [6.07, 6.45) is 0.0133. The van der Waals surface area contributed by atoms with Crippen LogP contribution in [-0.4, -0.2) is 80.8 Å². The molecule has 0 spiro atoms. The van der Waals surface area contributed by atoms with E-state index in [1.165, 1.54) is 22.7 Å². The molecule has 0 N–H and O–H groups in total. The fourth-order valence-corrected chi connectivity index (χ4v) is 2.82. The Morgan fingerprint density at radius 2 is 1.74 bits per heavy atom. The molecule has 8 heteroatoms. The van der Waals surface area contributed by atoms with E-state index in [0.717, 1.165) is 0 Å². The van der Waals surface area contributed by atoms with Crippen molar-refractivity contribution < 1.29 is 17.9 Å². The van der Waals surface area contributed by atoms with Gasteiger partial charge in [0.25, 0.3) is 10.2 Å². The normalized spacial score (nSPS) is 18.3. The average Bonchev–Trinajstić information content (AvgIpc) is 2.35. The zero-order valence-electron chi connectivity index (χ0n) is 12.0. The molecule has 0 aromatic carbocycles. The summed E-state index contributed by atoms with van der Waals surface area (Å²) < 4.78 is 31.6. The highest BCUT2D eigenvalue weighted by atomic mass is 32.2. The fraction of sp³-hybridized carbons (Fsp3) is 0.909. The largest absolute Gasteiger partial charge is 0.369 e. The van der Waals surface area contributed by atoms with Crippen LogP contribution in [0.15, 0.2) is 0 Å². The number of ether oxygens (including phenoxy) is 1. The quantitative estimate of drug-likeness (QED) is 0.676. The molecule has 1 aliphatic rings. The highest BCUT2D eigenvalue weighted by Crippen LogP contribution is 2.10. The number of carbonyl (C=O) groups excluding carboxylic acids is 1. The summed E-state index contributed by atoms with van der Waals surface area (Å²) in [7, 11) is -0.371. The van der Waals surface area contributed by atoms with Gasteiger partial charge in [0.2, 0.25) is 5.91 Å². The van der Waals surface area contributed by atoms with Crippen LogP contribution in [0.25, 0.3) is 0 Å². The van der Waals surface area contributed by atoms with Gasteiger partial charge in [-0.25, -0.2) is 0 Å². The summed E-state index contributed by atoms with van der Waals surface area (Å²) in [4.78, 5) is 13.5. The van der Waals surface area contributed by atoms with Gasteiger partial charge in [0, 0.05) is 40.3 Å². The topological polar surface area (TPSA) is 70.2 Å². The van der Waals surface area contributed by atoms with E-state index in [-0.39, 0.29) is 18.6 Å². The predicted molar refractivity (Wildman–Crippen MR) is 71.8 cm³/mol. The summed E-state index contributed by atoms with van der Waals surface area (Å²) in [6.45, 7) is 5.27. The molecule has 0 unspecified atom stereocenters. The first-order chi connectivity index (χ1) is 8.75. The number of carbonyl (C=O) groups is 1. The molecular formula is C11H23N3O4S. The van der Waals surface area contributed by atoms with Gasteiger partial charge in [-0.15, -0.1) is 0 Å². The highest BCUT2D eigenvalue weighted by molar-refractivity contribution is 7.86. The molecular weight excluding hydrogens is 270 g/mol. The molecule has 7 nitrogen and oxygen atoms in total. The maximum atomic E-state index is 11.9. The number of nitrogens with zero attached hydrogens (tertiary/aromatic N) is 3. The van der Waals surface area contributed by atoms with Crippen molar-refractivity contribution in [3.63, 3.8) is 0 Å². The summed E-state index contributed by atoms with van der Waals surface area (Å²) in [5, 5.41) is 0. The minimum absolute atomic E-state index is 0.0133. The van der Waals surface area contributed by atoms with Crippen LogP contribution in [0, 0.1) is 0 Å². The van der Waals surface area contributed by atoms with Crippen LogP contribution in [0.1, 0.15) is 13.8 Å². The third-order valence-electron chi connectivity index (χ3n) is 2.92. The first-order valence-electron chi connectivity index (χ1n) is 6.32. The van der Waals surface area contributed by atoms with Crippen molar-refractivity contribution in [1.82, 2.24) is 13.5 Å². The van der Waals surface area contributed by atoms with E-state index in [0.29, 0.717) is 26.2 Å². The fourth-order valence-electron chi connectivity index (χ4n) is 1.73. The van der Waals surface area contributed by atoms with Crippen molar-refractivity contribution in [2.45, 2.75) is 20.0 Å². The van der Waals surface area contributed by atoms with Gasteiger partial charge in [-0.05, 0) is 13.8 Å². The van der Waals surface area contributed by atoms with Gasteiger partial charge in [0.1, 0.15) is 6.61 Å². The van der Waals surface area contributed by atoms with Crippen molar-refractivity contribution in [2.24, 2.45) is 0 Å². The van der Waals surface area contributed by atoms with Gasteiger partial charge in [-0.3, -0.25) is 4.79 Å². The van der Waals surface area contributed by atoms with Crippen LogP contribution in [0.4, 0.5) is 0 Å². The van der Waals surface area contributed by atoms with Crippen LogP contribution in [-0.2, 0) is 19.7 Å². The van der Waals surface area contributed by atoms with Crippen molar-refractivity contribution in [3.8, 4) is 0 Å². The molecule has 19 heavy (non-hydrogen) atoms. The van der Waals surface area contributed by atoms with Gasteiger partial charge in [0.05, 0.1) is 6.10 Å². The van der Waals surface area contributed by atoms with Crippen molar-refractivity contribution in [3.05, 3.63) is 0 Å². The zero-order chi connectivity index (χ0) is 14.6. The molecule has 0 bridgehead atoms. The van der Waals surface area contributed by atoms with E-state index < -0.39 is 10.2 Å². The molecule has 1 saturated heterocycles. The lowest BCUT2D eigenvalue weighted by Gasteiger charge is -2.35. The van der Waals surface area contributed by atoms with E-state index in [2.05, 4.69) is 0 Å². The Hall–Kier alpha value is -0.700. The molecule has 0 radical (unpaired) electrons. The number of amides is 1. The average molecular weight is 293 g/mol. The molecule has 0 aromatic heterocycles. The number of hydrogen-bond acceptors (Lipinski definition) is 4. The van der Waals surface area contributed by atoms with Crippen molar-refractivity contribution in [1.29, 1.82) is 0 Å². The van der Waals surface area contributed by atoms with Crippen LogP contribution in [0.3, 0.4) is 0 Å². The lowest BCUT2D eigenvalue weighted by molar-refractivity contribution is -0.138. The van der Waals surface area contributed by atoms with E-state index in [1.807, 2.05) is 13.8 Å². The maximum absolute atomic E-state index is 11.9. The first-order valence-corrected chi connectivity index (χ1v) is 7.72. The lowest BCUT2D eigenvalue weighted by atomic mass is 10.3. The Labute approximate surface area is 115 Å². The minimum Gasteiger partial charge on any atom is -0.369 e. The Morgan fingerprint density at radius 1 is 1.21 bits per heavy atom. The number of piperazine rings is 1. The summed E-state index contributed by atoms with van der Waals surface area (Å²) >= 11 is 0. The van der Waals surface area contributed by atoms with Crippen molar-refractivity contribution in [2.75, 3.05) is 46.9 Å². The first kappa shape index (κ1) is 16.4. The van der Waals surface area contributed by atoms with Gasteiger partial charge in [-0.2, -0.15) is 17.0 Å². The monoisotopic (exact) mass is 293 g/mol. The molecule has 112 valence electrons. The standard InChI is InChI=1S/C11H23N3O4S/c1-10(2)18-9-11(15)13-5-7-14(8-6-13)19(16,17)12(3)4/h10H,5-9H2,1-4H3. The van der Waals surface area contributed by atoms with E-state index in [9.17, 15) is 13.2 Å². The molecule has 1 rings (SSSR count). The smallest absolute Gasteiger partial charge is 0.281 e. The van der Waals surface area contributed by atoms with Crippen molar-refractivity contribution >= 4 is 16.1 Å². The lowest BCUT2D eigenvalue weighted by Crippen LogP contribution is -2.53. The molecule has 1 amide bonds. The van der Waals surface area contributed by atoms with Gasteiger partial charge < -0.3 is 9.64 Å². The molecule has 0 aliphatic carbocycles. The van der Waals surface area contributed by atoms with Gasteiger partial charge in [-0.1, -0.05) is 0 Å². The summed E-state index contributed by atoms with van der Waals surface area (Å²) in [5.41, 5.74) is 0. The molecule has 0 aromatic rings. The van der Waals surface area contributed by atoms with Crippen LogP contribution in [0.5, 0.6) is 0 Å². The summed E-state index contributed by atoms with van der Waals surface area (Å²) in [6, 6.07) is 0. The number of hydrogen-bond donors (Lipinski definition) is 0. The molecule has 1 aliphatic heterocycles. The molecule has 1 fully saturated rings. The Kier molecular flexibility index (Phi) is 5.72. The van der Waals surface area contributed by atoms with Gasteiger partial charge in [0.15, 0.2) is 0 Å². The highest BCUT2D eigenvalue weighted by Gasteiger charge is 2.30. The van der Waals surface area contributed by atoms with Crippen LogP contribution in [0.2, 0.25) is 0 Å². The second-order valence-electron chi connectivity index (χ2n) is 4.93. The van der Waals surface area contributed by atoms with Crippen LogP contribution >= 0.6 is 0 Å². The maximum Gasteiger partial charge on any atom is 0.281 e. The number of rotatable bonds is 5. The molecule has 1 heterocycles. The Bertz CT molecular complexity index is 400. The molecule has 0 saturated carbocycles. The van der Waals surface area contributed by atoms with E-state index >= 15 is 0 Å². The zero-order valence-corrected chi connectivity index (χ0v) is 12.8. The Balaban J connectivity index is 2.47. The van der Waals surface area contributed by atoms with Gasteiger partial charge >= 0.3 is 0 Å². The second kappa shape index (κ2) is 6.65. The summed E-state index contributed by atoms with van der Waals surface area (Å²) in [5.74, 6) is -0.0874. The van der Waals surface area contributed by atoms with E-state index in [1.54, 1.807) is 4.90 Å². The Morgan fingerprint density at radius 3 is 2.16 bits per heavy atom. The second-order valence-corrected chi connectivity index (χ2v) is 7.07. The SMILES string of the molecule is CC(C)OCC(=O)N1CCN(S(=O)(=O)N(C)C)CC1. The minimum atomic E-state index is -3.38. The predicted octanol–water partition coefficient (Wildman–Crippen LogP) is -0.638. The van der Waals surface area contributed by atoms with E-state index in [4.69, 9.17) is 4.74 Å². The van der Waals surface area contributed by atoms with Crippen LogP contribution < -0.4 is 0 Å².